The van der Waals surface area contributed by atoms with Gasteiger partial charge in [-0.3, -0.25) is 9.48 Å². The lowest BCUT2D eigenvalue weighted by atomic mass is 10.0. The fourth-order valence-electron chi connectivity index (χ4n) is 3.37. The minimum absolute atomic E-state index is 0.295. The monoisotopic (exact) mass is 421 g/mol. The van der Waals surface area contributed by atoms with Gasteiger partial charge in [-0.1, -0.05) is 19.1 Å². The topological polar surface area (TPSA) is 71.8 Å². The van der Waals surface area contributed by atoms with Crippen molar-refractivity contribution in [3.05, 3.63) is 83.7 Å². The predicted octanol–water partition coefficient (Wildman–Crippen LogP) is 4.87. The highest BCUT2D eigenvalue weighted by molar-refractivity contribution is 5.99. The van der Waals surface area contributed by atoms with Crippen LogP contribution in [0.25, 0.3) is 10.8 Å². The van der Waals surface area contributed by atoms with Crippen LogP contribution in [0.1, 0.15) is 35.3 Å². The zero-order valence-electron chi connectivity index (χ0n) is 17.1. The zero-order chi connectivity index (χ0) is 22.0. The number of anilines is 2. The van der Waals surface area contributed by atoms with Gasteiger partial charge in [0, 0.05) is 30.3 Å². The molecule has 1 atom stereocenters. The number of aryl methyl sites for hydroxylation is 1. The number of nitrogens with one attached hydrogen (secondary N) is 2. The van der Waals surface area contributed by atoms with Gasteiger partial charge in [-0.2, -0.15) is 5.10 Å². The van der Waals surface area contributed by atoms with E-state index in [1.54, 1.807) is 29.2 Å². The average molecular weight is 421 g/mol. The van der Waals surface area contributed by atoms with E-state index in [9.17, 15) is 13.6 Å². The lowest BCUT2D eigenvalue weighted by Crippen LogP contribution is -2.28. The smallest absolute Gasteiger partial charge is 0.251 e. The molecule has 0 bridgehead atoms. The number of carbonyl (C=O) groups is 1. The second kappa shape index (κ2) is 8.51. The van der Waals surface area contributed by atoms with Crippen molar-refractivity contribution in [2.24, 2.45) is 7.05 Å². The third kappa shape index (κ3) is 4.37. The number of halogens is 2. The summed E-state index contributed by atoms with van der Waals surface area (Å²) in [5.74, 6) is -0.725. The van der Waals surface area contributed by atoms with E-state index in [4.69, 9.17) is 0 Å². The van der Waals surface area contributed by atoms with Crippen molar-refractivity contribution >= 4 is 28.3 Å². The van der Waals surface area contributed by atoms with Gasteiger partial charge >= 0.3 is 0 Å². The highest BCUT2D eigenvalue weighted by Gasteiger charge is 2.16. The SMILES string of the molecule is CC[C@@H](NC(=O)c1ccc2cnc(Nc3ccnn3C)cc2c1)c1ccc(F)c(F)c1. The summed E-state index contributed by atoms with van der Waals surface area (Å²) in [5, 5.41) is 11.9. The van der Waals surface area contributed by atoms with Gasteiger partial charge in [0.15, 0.2) is 11.6 Å². The van der Waals surface area contributed by atoms with E-state index in [1.165, 1.54) is 6.07 Å². The molecule has 0 aliphatic heterocycles. The molecule has 0 saturated heterocycles. The highest BCUT2D eigenvalue weighted by atomic mass is 19.2. The molecule has 0 fully saturated rings. The van der Waals surface area contributed by atoms with Crippen molar-refractivity contribution < 1.29 is 13.6 Å². The van der Waals surface area contributed by atoms with Crippen molar-refractivity contribution in [3.63, 3.8) is 0 Å². The lowest BCUT2D eigenvalue weighted by molar-refractivity contribution is 0.0935. The molecular formula is C23H21F2N5O. The molecule has 2 N–H and O–H groups in total. The third-order valence-corrected chi connectivity index (χ3v) is 5.12. The lowest BCUT2D eigenvalue weighted by Gasteiger charge is -2.18. The van der Waals surface area contributed by atoms with E-state index < -0.39 is 17.7 Å². The molecular weight excluding hydrogens is 400 g/mol. The van der Waals surface area contributed by atoms with Gasteiger partial charge < -0.3 is 10.6 Å². The molecule has 6 nitrogen and oxygen atoms in total. The standard InChI is InChI=1S/C23H21F2N5O/c1-3-20(14-6-7-18(24)19(25)11-14)28-23(31)15-4-5-16-13-26-21(12-17(16)10-15)29-22-8-9-27-30(22)2/h4-13,20H,3H2,1-2H3,(H,26,29)(H,28,31)/t20-/m1/s1. The molecule has 2 heterocycles. The summed E-state index contributed by atoms with van der Waals surface area (Å²) >= 11 is 0. The Balaban J connectivity index is 1.56. The number of hydrogen-bond acceptors (Lipinski definition) is 4. The molecule has 0 radical (unpaired) electrons. The maximum atomic E-state index is 13.6. The first-order valence-electron chi connectivity index (χ1n) is 9.85. The van der Waals surface area contributed by atoms with Crippen LogP contribution in [0, 0.1) is 11.6 Å². The van der Waals surface area contributed by atoms with Gasteiger partial charge in [0.25, 0.3) is 5.91 Å². The van der Waals surface area contributed by atoms with Crippen molar-refractivity contribution in [1.29, 1.82) is 0 Å². The molecule has 158 valence electrons. The van der Waals surface area contributed by atoms with Crippen LogP contribution >= 0.6 is 0 Å². The first-order valence-corrected chi connectivity index (χ1v) is 9.85. The van der Waals surface area contributed by atoms with Crippen molar-refractivity contribution in [2.75, 3.05) is 5.32 Å². The average Bonchev–Trinajstić information content (AvgIpc) is 3.17. The van der Waals surface area contributed by atoms with E-state index in [0.29, 0.717) is 23.4 Å². The number of carbonyl (C=O) groups excluding carboxylic acids is 1. The molecule has 2 aromatic carbocycles. The van der Waals surface area contributed by atoms with E-state index in [2.05, 4.69) is 20.7 Å². The van der Waals surface area contributed by atoms with Crippen molar-refractivity contribution in [2.45, 2.75) is 19.4 Å². The second-order valence-corrected chi connectivity index (χ2v) is 7.20. The Hall–Kier alpha value is -3.81. The minimum Gasteiger partial charge on any atom is -0.345 e. The summed E-state index contributed by atoms with van der Waals surface area (Å²) in [6.45, 7) is 1.87. The van der Waals surface area contributed by atoms with Gasteiger partial charge in [0.05, 0.1) is 12.2 Å². The molecule has 0 aliphatic carbocycles. The van der Waals surface area contributed by atoms with Gasteiger partial charge in [0.1, 0.15) is 11.6 Å². The van der Waals surface area contributed by atoms with E-state index in [1.807, 2.05) is 32.2 Å². The van der Waals surface area contributed by atoms with Crippen LogP contribution in [-0.2, 0) is 7.05 Å². The second-order valence-electron chi connectivity index (χ2n) is 7.20. The number of fused-ring (bicyclic) bond motifs is 1. The maximum Gasteiger partial charge on any atom is 0.251 e. The van der Waals surface area contributed by atoms with Gasteiger partial charge in [-0.05, 0) is 47.7 Å². The fraction of sp³-hybridized carbons (Fsp3) is 0.174. The van der Waals surface area contributed by atoms with Crippen molar-refractivity contribution in [1.82, 2.24) is 20.1 Å². The summed E-state index contributed by atoms with van der Waals surface area (Å²) in [7, 11) is 1.82. The zero-order valence-corrected chi connectivity index (χ0v) is 17.1. The van der Waals surface area contributed by atoms with E-state index in [-0.39, 0.29) is 5.91 Å². The normalized spacial score (nSPS) is 12.0. The first-order chi connectivity index (χ1) is 14.9. The molecule has 4 aromatic rings. The van der Waals surface area contributed by atoms with E-state index >= 15 is 0 Å². The number of hydrogen-bond donors (Lipinski definition) is 2. The number of amides is 1. The number of aromatic nitrogens is 3. The van der Waals surface area contributed by atoms with E-state index in [0.717, 1.165) is 28.7 Å². The van der Waals surface area contributed by atoms with Crippen LogP contribution in [0.5, 0.6) is 0 Å². The molecule has 1 amide bonds. The number of pyridine rings is 1. The van der Waals surface area contributed by atoms with Gasteiger partial charge in [0.2, 0.25) is 0 Å². The Morgan fingerprint density at radius 2 is 1.90 bits per heavy atom. The Morgan fingerprint density at radius 1 is 1.06 bits per heavy atom. The minimum atomic E-state index is -0.933. The summed E-state index contributed by atoms with van der Waals surface area (Å²) in [6, 6.07) is 12.2. The molecule has 0 aliphatic rings. The summed E-state index contributed by atoms with van der Waals surface area (Å²) in [6.07, 6.45) is 3.95. The number of nitrogens with zero attached hydrogens (tertiary/aromatic N) is 3. The Morgan fingerprint density at radius 3 is 2.61 bits per heavy atom. The summed E-state index contributed by atoms with van der Waals surface area (Å²) < 4.78 is 28.5. The van der Waals surface area contributed by atoms with Crippen LogP contribution in [0.2, 0.25) is 0 Å². The third-order valence-electron chi connectivity index (χ3n) is 5.12. The highest BCUT2D eigenvalue weighted by Crippen LogP contribution is 2.23. The van der Waals surface area contributed by atoms with Gasteiger partial charge in [-0.25, -0.2) is 13.8 Å². The van der Waals surface area contributed by atoms with Crippen molar-refractivity contribution in [3.8, 4) is 0 Å². The summed E-state index contributed by atoms with van der Waals surface area (Å²) in [5.41, 5.74) is 0.980. The number of rotatable bonds is 6. The van der Waals surface area contributed by atoms with Crippen LogP contribution in [-0.4, -0.2) is 20.7 Å². The molecule has 8 heteroatoms. The molecule has 31 heavy (non-hydrogen) atoms. The Labute approximate surface area is 177 Å². The molecule has 4 rings (SSSR count). The fourth-order valence-corrected chi connectivity index (χ4v) is 3.37. The molecule has 0 spiro atoms. The molecule has 0 unspecified atom stereocenters. The number of benzene rings is 2. The first kappa shape index (κ1) is 20.5. The Bertz CT molecular complexity index is 1250. The predicted molar refractivity (Wildman–Crippen MR) is 115 cm³/mol. The van der Waals surface area contributed by atoms with Crippen LogP contribution in [0.15, 0.2) is 60.9 Å². The quantitative estimate of drug-likeness (QED) is 0.466. The molecule has 2 aromatic heterocycles. The maximum absolute atomic E-state index is 13.6. The molecule has 0 saturated carbocycles. The summed E-state index contributed by atoms with van der Waals surface area (Å²) in [4.78, 5) is 17.2. The largest absolute Gasteiger partial charge is 0.345 e. The van der Waals surface area contributed by atoms with Crippen LogP contribution in [0.3, 0.4) is 0 Å². The van der Waals surface area contributed by atoms with Gasteiger partial charge in [-0.15, -0.1) is 0 Å². The van der Waals surface area contributed by atoms with Crippen LogP contribution < -0.4 is 10.6 Å². The van der Waals surface area contributed by atoms with Crippen LogP contribution in [0.4, 0.5) is 20.4 Å². The Kier molecular flexibility index (Phi) is 5.62.